The molecule has 3 heterocycles. The number of anilines is 2. The number of rotatable bonds is 9. The second-order valence-electron chi connectivity index (χ2n) is 11.0. The number of urea groups is 1. The van der Waals surface area contributed by atoms with Crippen molar-refractivity contribution in [2.75, 3.05) is 30.7 Å². The van der Waals surface area contributed by atoms with E-state index >= 15 is 0 Å². The molecule has 2 atom stereocenters. The molecule has 0 aliphatic carbocycles. The summed E-state index contributed by atoms with van der Waals surface area (Å²) in [6.07, 6.45) is 5.91. The lowest BCUT2D eigenvalue weighted by atomic mass is 9.87. The minimum atomic E-state index is -0.182. The molecule has 0 radical (unpaired) electrons. The zero-order valence-corrected chi connectivity index (χ0v) is 22.6. The van der Waals surface area contributed by atoms with Gasteiger partial charge in [0.1, 0.15) is 18.1 Å². The topological polar surface area (TPSA) is 123 Å². The maximum atomic E-state index is 12.3. The van der Waals surface area contributed by atoms with Crippen LogP contribution in [0, 0.1) is 0 Å². The van der Waals surface area contributed by atoms with E-state index in [1.54, 1.807) is 6.33 Å². The van der Waals surface area contributed by atoms with Crippen molar-refractivity contribution in [3.05, 3.63) is 42.5 Å². The minimum Gasteiger partial charge on any atom is -0.382 e. The Balaban J connectivity index is 1.21. The third kappa shape index (κ3) is 6.75. The van der Waals surface area contributed by atoms with Gasteiger partial charge < -0.3 is 21.1 Å². The van der Waals surface area contributed by atoms with Gasteiger partial charge in [0.25, 0.3) is 0 Å². The van der Waals surface area contributed by atoms with Gasteiger partial charge in [0.05, 0.1) is 12.4 Å². The minimum absolute atomic E-state index is 0.0882. The number of benzene rings is 1. The summed E-state index contributed by atoms with van der Waals surface area (Å²) in [5.74, 6) is 0.380. The van der Waals surface area contributed by atoms with Crippen LogP contribution in [0.5, 0.6) is 0 Å². The largest absolute Gasteiger partial charge is 0.382 e. The fourth-order valence-corrected chi connectivity index (χ4v) is 4.64. The number of nitrogens with zero attached hydrogens (tertiary/aromatic N) is 5. The predicted molar refractivity (Wildman–Crippen MR) is 146 cm³/mol. The fourth-order valence-electron chi connectivity index (χ4n) is 4.64. The standard InChI is InChI=1S/C27H40N8O2/c1-18(2)34(14-6-13-29-26(36)33-20-9-7-19(8-10-20)27(3,4)5)15-21-11-12-22(37-21)35-17-32-23-24(28)30-16-31-25(23)35/h7-10,16-18,21-22H,6,11-15H2,1-5H3,(H2,28,30,31)(H2,29,33,36). The third-order valence-electron chi connectivity index (χ3n) is 6.87. The molecule has 1 saturated heterocycles. The highest BCUT2D eigenvalue weighted by atomic mass is 16.5. The number of carbonyl (C=O) groups is 1. The number of hydrogen-bond acceptors (Lipinski definition) is 7. The summed E-state index contributed by atoms with van der Waals surface area (Å²) >= 11 is 0. The van der Waals surface area contributed by atoms with Crippen LogP contribution in [0.1, 0.15) is 65.7 Å². The Hall–Kier alpha value is -3.24. The molecule has 0 saturated carbocycles. The lowest BCUT2D eigenvalue weighted by Gasteiger charge is -2.29. The number of aromatic nitrogens is 4. The zero-order chi connectivity index (χ0) is 26.6. The SMILES string of the molecule is CC(C)N(CCCNC(=O)Nc1ccc(C(C)(C)C)cc1)CC1CCC(n2cnc3c(N)ncnc32)O1. The molecule has 1 aliphatic rings. The molecule has 10 heteroatoms. The first kappa shape index (κ1) is 26.8. The van der Waals surface area contributed by atoms with Gasteiger partial charge in [-0.25, -0.2) is 19.7 Å². The molecule has 1 aliphatic heterocycles. The first-order valence-electron chi connectivity index (χ1n) is 13.1. The van der Waals surface area contributed by atoms with E-state index < -0.39 is 0 Å². The maximum Gasteiger partial charge on any atom is 0.319 e. The molecule has 200 valence electrons. The van der Waals surface area contributed by atoms with Crippen LogP contribution in [-0.2, 0) is 10.2 Å². The average Bonchev–Trinajstić information content (AvgIpc) is 3.48. The van der Waals surface area contributed by atoms with Gasteiger partial charge in [0.2, 0.25) is 0 Å². The number of nitrogens with two attached hydrogens (primary N) is 1. The van der Waals surface area contributed by atoms with Gasteiger partial charge in [-0.05, 0) is 56.2 Å². The Morgan fingerprint density at radius 3 is 2.65 bits per heavy atom. The van der Waals surface area contributed by atoms with Gasteiger partial charge in [-0.15, -0.1) is 0 Å². The van der Waals surface area contributed by atoms with E-state index in [1.807, 2.05) is 16.7 Å². The molecule has 4 rings (SSSR count). The molecule has 2 amide bonds. The second-order valence-corrected chi connectivity index (χ2v) is 11.0. The van der Waals surface area contributed by atoms with Crippen molar-refractivity contribution in [3.63, 3.8) is 0 Å². The molecule has 1 fully saturated rings. The summed E-state index contributed by atoms with van der Waals surface area (Å²) in [4.78, 5) is 27.5. The highest BCUT2D eigenvalue weighted by Gasteiger charge is 2.30. The number of nitrogens with one attached hydrogen (secondary N) is 2. The Morgan fingerprint density at radius 1 is 1.19 bits per heavy atom. The van der Waals surface area contributed by atoms with Crippen molar-refractivity contribution in [1.29, 1.82) is 0 Å². The zero-order valence-electron chi connectivity index (χ0n) is 22.6. The van der Waals surface area contributed by atoms with E-state index in [-0.39, 0.29) is 23.8 Å². The van der Waals surface area contributed by atoms with Gasteiger partial charge in [0.15, 0.2) is 11.5 Å². The maximum absolute atomic E-state index is 12.3. The van der Waals surface area contributed by atoms with Crippen molar-refractivity contribution in [2.45, 2.75) is 77.7 Å². The molecule has 2 aromatic heterocycles. The van der Waals surface area contributed by atoms with Crippen LogP contribution in [0.2, 0.25) is 0 Å². The number of nitrogen functional groups attached to an aromatic ring is 1. The summed E-state index contributed by atoms with van der Waals surface area (Å²) in [7, 11) is 0. The lowest BCUT2D eigenvalue weighted by molar-refractivity contribution is -0.0158. The van der Waals surface area contributed by atoms with E-state index in [4.69, 9.17) is 10.5 Å². The summed E-state index contributed by atoms with van der Waals surface area (Å²) in [6, 6.07) is 8.21. The number of carbonyl (C=O) groups excluding carboxylic acids is 1. The molecule has 0 bridgehead atoms. The Morgan fingerprint density at radius 2 is 1.95 bits per heavy atom. The van der Waals surface area contributed by atoms with Crippen LogP contribution in [0.4, 0.5) is 16.3 Å². The quantitative estimate of drug-likeness (QED) is 0.368. The van der Waals surface area contributed by atoms with Crippen LogP contribution in [0.25, 0.3) is 11.2 Å². The van der Waals surface area contributed by atoms with Gasteiger partial charge in [-0.2, -0.15) is 0 Å². The molecule has 1 aromatic carbocycles. The molecule has 4 N–H and O–H groups in total. The van der Waals surface area contributed by atoms with Gasteiger partial charge >= 0.3 is 6.03 Å². The van der Waals surface area contributed by atoms with E-state index in [9.17, 15) is 4.79 Å². The summed E-state index contributed by atoms with van der Waals surface area (Å²) in [6.45, 7) is 13.2. The summed E-state index contributed by atoms with van der Waals surface area (Å²) in [5, 5.41) is 5.89. The molecule has 0 spiro atoms. The molecule has 2 unspecified atom stereocenters. The third-order valence-corrected chi connectivity index (χ3v) is 6.87. The van der Waals surface area contributed by atoms with E-state index in [1.165, 1.54) is 11.9 Å². The molecular formula is C27H40N8O2. The highest BCUT2D eigenvalue weighted by Crippen LogP contribution is 2.31. The van der Waals surface area contributed by atoms with Crippen LogP contribution in [0.3, 0.4) is 0 Å². The van der Waals surface area contributed by atoms with Gasteiger partial charge in [-0.3, -0.25) is 9.47 Å². The highest BCUT2D eigenvalue weighted by molar-refractivity contribution is 5.89. The first-order chi connectivity index (χ1) is 17.6. The summed E-state index contributed by atoms with van der Waals surface area (Å²) < 4.78 is 8.33. The van der Waals surface area contributed by atoms with Crippen LogP contribution < -0.4 is 16.4 Å². The van der Waals surface area contributed by atoms with Crippen LogP contribution in [0.15, 0.2) is 36.9 Å². The Bertz CT molecular complexity index is 1190. The van der Waals surface area contributed by atoms with Crippen LogP contribution in [-0.4, -0.2) is 62.2 Å². The lowest BCUT2D eigenvalue weighted by Crippen LogP contribution is -2.39. The van der Waals surface area contributed by atoms with Crippen molar-refractivity contribution >= 4 is 28.7 Å². The summed E-state index contributed by atoms with van der Waals surface area (Å²) in [5.41, 5.74) is 9.35. The number of ether oxygens (including phenoxy) is 1. The molecular weight excluding hydrogens is 468 g/mol. The number of hydrogen-bond donors (Lipinski definition) is 3. The Kier molecular flexibility index (Phi) is 8.29. The van der Waals surface area contributed by atoms with Crippen molar-refractivity contribution < 1.29 is 9.53 Å². The molecule has 37 heavy (non-hydrogen) atoms. The second kappa shape index (κ2) is 11.4. The first-order valence-corrected chi connectivity index (χ1v) is 13.1. The van der Waals surface area contributed by atoms with Crippen molar-refractivity contribution in [3.8, 4) is 0 Å². The Labute approximate surface area is 219 Å². The number of fused-ring (bicyclic) bond motifs is 1. The number of imidazole rings is 1. The van der Waals surface area contributed by atoms with Crippen molar-refractivity contribution in [1.82, 2.24) is 29.7 Å². The van der Waals surface area contributed by atoms with Gasteiger partial charge in [0, 0.05) is 31.4 Å². The van der Waals surface area contributed by atoms with Crippen molar-refractivity contribution in [2.24, 2.45) is 0 Å². The molecule has 10 nitrogen and oxygen atoms in total. The van der Waals surface area contributed by atoms with E-state index in [2.05, 4.69) is 77.2 Å². The van der Waals surface area contributed by atoms with E-state index in [0.717, 1.165) is 38.0 Å². The molecule has 3 aromatic rings. The average molecular weight is 509 g/mol. The predicted octanol–water partition coefficient (Wildman–Crippen LogP) is 4.31. The monoisotopic (exact) mass is 508 g/mol. The van der Waals surface area contributed by atoms with Crippen LogP contribution >= 0.6 is 0 Å². The normalized spacial score (nSPS) is 18.1. The smallest absolute Gasteiger partial charge is 0.319 e. The fraction of sp³-hybridized carbons (Fsp3) is 0.556. The number of amides is 2. The van der Waals surface area contributed by atoms with Gasteiger partial charge in [-0.1, -0.05) is 32.9 Å². The van der Waals surface area contributed by atoms with E-state index in [0.29, 0.717) is 29.6 Å².